The van der Waals surface area contributed by atoms with E-state index in [2.05, 4.69) is 0 Å². The Morgan fingerprint density at radius 3 is 2.50 bits per heavy atom. The monoisotopic (exact) mass is 260 g/mol. The highest BCUT2D eigenvalue weighted by molar-refractivity contribution is 6.42. The van der Waals surface area contributed by atoms with Crippen LogP contribution in [0.25, 0.3) is 0 Å². The molecule has 0 saturated carbocycles. The number of carbonyl (C=O) groups excluding carboxylic acids is 1. The van der Waals surface area contributed by atoms with Crippen LogP contribution in [-0.4, -0.2) is 24.9 Å². The van der Waals surface area contributed by atoms with Gasteiger partial charge in [-0.1, -0.05) is 29.3 Å². The van der Waals surface area contributed by atoms with E-state index in [-0.39, 0.29) is 18.4 Å². The van der Waals surface area contributed by atoms with Gasteiger partial charge in [-0.05, 0) is 17.7 Å². The topological polar surface area (TPSA) is 46.3 Å². The first-order chi connectivity index (χ1) is 7.41. The fourth-order valence-corrected chi connectivity index (χ4v) is 1.54. The predicted molar refractivity (Wildman–Crippen MR) is 66.7 cm³/mol. The minimum Gasteiger partial charge on any atom is -0.349 e. The lowest BCUT2D eigenvalue weighted by Gasteiger charge is -2.15. The molecule has 0 spiro atoms. The van der Waals surface area contributed by atoms with Gasteiger partial charge >= 0.3 is 0 Å². The second-order valence-electron chi connectivity index (χ2n) is 3.77. The summed E-state index contributed by atoms with van der Waals surface area (Å²) in [5, 5.41) is 0.934. The molecular formula is C11H14Cl2N2O. The third kappa shape index (κ3) is 3.37. The van der Waals surface area contributed by atoms with Crippen LogP contribution in [0.4, 0.5) is 0 Å². The highest BCUT2D eigenvalue weighted by Crippen LogP contribution is 2.26. The summed E-state index contributed by atoms with van der Waals surface area (Å²) >= 11 is 11.7. The summed E-state index contributed by atoms with van der Waals surface area (Å²) in [5.41, 5.74) is 6.71. The maximum Gasteiger partial charge on any atom is 0.223 e. The maximum atomic E-state index is 11.5. The molecule has 0 saturated heterocycles. The van der Waals surface area contributed by atoms with Crippen molar-refractivity contribution in [2.24, 2.45) is 5.73 Å². The Kier molecular flexibility index (Phi) is 4.59. The zero-order chi connectivity index (χ0) is 12.3. The largest absolute Gasteiger partial charge is 0.349 e. The average Bonchev–Trinajstić information content (AvgIpc) is 2.21. The quantitative estimate of drug-likeness (QED) is 0.908. The molecule has 0 aliphatic heterocycles. The Bertz CT molecular complexity index is 394. The van der Waals surface area contributed by atoms with Gasteiger partial charge < -0.3 is 10.6 Å². The minimum atomic E-state index is -0.357. The lowest BCUT2D eigenvalue weighted by atomic mass is 10.0. The Balaban J connectivity index is 2.77. The molecule has 0 radical (unpaired) electrons. The lowest BCUT2D eigenvalue weighted by Crippen LogP contribution is -2.26. The van der Waals surface area contributed by atoms with Gasteiger partial charge in [-0.3, -0.25) is 4.79 Å². The molecule has 1 unspecified atom stereocenters. The average molecular weight is 261 g/mol. The van der Waals surface area contributed by atoms with Gasteiger partial charge in [0.1, 0.15) is 0 Å². The van der Waals surface area contributed by atoms with Crippen molar-refractivity contribution in [1.82, 2.24) is 4.90 Å². The van der Waals surface area contributed by atoms with Crippen LogP contribution in [0.2, 0.25) is 10.0 Å². The number of carbonyl (C=O) groups is 1. The van der Waals surface area contributed by atoms with Gasteiger partial charge in [-0.2, -0.15) is 0 Å². The van der Waals surface area contributed by atoms with Gasteiger partial charge in [0, 0.05) is 26.6 Å². The number of amides is 1. The Morgan fingerprint density at radius 1 is 1.38 bits per heavy atom. The van der Waals surface area contributed by atoms with Crippen molar-refractivity contribution in [2.75, 3.05) is 14.1 Å². The van der Waals surface area contributed by atoms with Crippen LogP contribution >= 0.6 is 23.2 Å². The molecule has 5 heteroatoms. The van der Waals surface area contributed by atoms with Gasteiger partial charge in [0.2, 0.25) is 5.91 Å². The van der Waals surface area contributed by atoms with Crippen molar-refractivity contribution >= 4 is 29.1 Å². The summed E-state index contributed by atoms with van der Waals surface area (Å²) in [7, 11) is 3.40. The summed E-state index contributed by atoms with van der Waals surface area (Å²) in [6.07, 6.45) is 0.255. The normalized spacial score (nSPS) is 12.3. The van der Waals surface area contributed by atoms with Crippen LogP contribution in [0.3, 0.4) is 0 Å². The van der Waals surface area contributed by atoms with E-state index in [4.69, 9.17) is 28.9 Å². The molecule has 0 bridgehead atoms. The Labute approximate surface area is 105 Å². The van der Waals surface area contributed by atoms with E-state index in [0.29, 0.717) is 10.0 Å². The van der Waals surface area contributed by atoms with E-state index in [1.807, 2.05) is 0 Å². The van der Waals surface area contributed by atoms with Crippen LogP contribution in [0.1, 0.15) is 18.0 Å². The summed E-state index contributed by atoms with van der Waals surface area (Å²) in [6, 6.07) is 4.79. The molecule has 0 heterocycles. The fourth-order valence-electron chi connectivity index (χ4n) is 1.23. The number of nitrogens with two attached hydrogens (primary N) is 1. The van der Waals surface area contributed by atoms with Crippen molar-refractivity contribution in [3.05, 3.63) is 33.8 Å². The first-order valence-electron chi connectivity index (χ1n) is 4.82. The van der Waals surface area contributed by atoms with Crippen LogP contribution in [0, 0.1) is 0 Å². The van der Waals surface area contributed by atoms with Crippen LogP contribution < -0.4 is 5.73 Å². The molecule has 0 aromatic heterocycles. The number of rotatable bonds is 3. The number of nitrogens with zero attached hydrogens (tertiary/aromatic N) is 1. The van der Waals surface area contributed by atoms with Gasteiger partial charge in [0.05, 0.1) is 10.0 Å². The smallest absolute Gasteiger partial charge is 0.223 e. The van der Waals surface area contributed by atoms with Crippen molar-refractivity contribution in [3.8, 4) is 0 Å². The molecule has 16 heavy (non-hydrogen) atoms. The molecule has 1 atom stereocenters. The second kappa shape index (κ2) is 5.53. The summed E-state index contributed by atoms with van der Waals surface area (Å²) in [6.45, 7) is 0. The minimum absolute atomic E-state index is 0.0152. The first kappa shape index (κ1) is 13.3. The molecule has 0 aliphatic carbocycles. The zero-order valence-corrected chi connectivity index (χ0v) is 10.7. The van der Waals surface area contributed by atoms with E-state index in [1.165, 1.54) is 4.90 Å². The third-order valence-corrected chi connectivity index (χ3v) is 3.00. The summed E-state index contributed by atoms with van der Waals surface area (Å²) in [5.74, 6) is -0.0152. The number of benzene rings is 1. The number of hydrogen-bond acceptors (Lipinski definition) is 2. The summed E-state index contributed by atoms with van der Waals surface area (Å²) in [4.78, 5) is 13.0. The van der Waals surface area contributed by atoms with Gasteiger partial charge in [0.15, 0.2) is 0 Å². The van der Waals surface area contributed by atoms with Crippen molar-refractivity contribution in [1.29, 1.82) is 0 Å². The number of hydrogen-bond donors (Lipinski definition) is 1. The highest BCUT2D eigenvalue weighted by atomic mass is 35.5. The van der Waals surface area contributed by atoms with E-state index >= 15 is 0 Å². The fraction of sp³-hybridized carbons (Fsp3) is 0.364. The highest BCUT2D eigenvalue weighted by Gasteiger charge is 2.13. The molecule has 1 aromatic carbocycles. The zero-order valence-electron chi connectivity index (χ0n) is 9.21. The molecule has 1 amide bonds. The molecule has 1 aromatic rings. The molecule has 3 nitrogen and oxygen atoms in total. The van der Waals surface area contributed by atoms with Crippen molar-refractivity contribution < 1.29 is 4.79 Å². The van der Waals surface area contributed by atoms with Gasteiger partial charge in [-0.15, -0.1) is 0 Å². The van der Waals surface area contributed by atoms with Crippen molar-refractivity contribution in [3.63, 3.8) is 0 Å². The molecular weight excluding hydrogens is 247 g/mol. The van der Waals surface area contributed by atoms with E-state index < -0.39 is 0 Å². The van der Waals surface area contributed by atoms with Gasteiger partial charge in [0.25, 0.3) is 0 Å². The SMILES string of the molecule is CN(C)C(=O)CC(N)c1ccc(Cl)c(Cl)c1. The molecule has 88 valence electrons. The first-order valence-corrected chi connectivity index (χ1v) is 5.58. The molecule has 1 rings (SSSR count). The number of halogens is 2. The van der Waals surface area contributed by atoms with Crippen LogP contribution in [0.5, 0.6) is 0 Å². The third-order valence-electron chi connectivity index (χ3n) is 2.27. The van der Waals surface area contributed by atoms with Crippen LogP contribution in [-0.2, 0) is 4.79 Å². The van der Waals surface area contributed by atoms with Gasteiger partial charge in [-0.25, -0.2) is 0 Å². The summed E-state index contributed by atoms with van der Waals surface area (Å²) < 4.78 is 0. The molecule has 2 N–H and O–H groups in total. The Morgan fingerprint density at radius 2 is 2.00 bits per heavy atom. The Hall–Kier alpha value is -0.770. The maximum absolute atomic E-state index is 11.5. The van der Waals surface area contributed by atoms with E-state index in [9.17, 15) is 4.79 Å². The van der Waals surface area contributed by atoms with Crippen molar-refractivity contribution in [2.45, 2.75) is 12.5 Å². The van der Waals surface area contributed by atoms with E-state index in [1.54, 1.807) is 32.3 Å². The molecule has 0 fully saturated rings. The molecule has 0 aliphatic rings. The predicted octanol–water partition coefficient (Wildman–Crippen LogP) is 2.47. The van der Waals surface area contributed by atoms with E-state index in [0.717, 1.165) is 5.56 Å². The lowest BCUT2D eigenvalue weighted by molar-refractivity contribution is -0.129. The standard InChI is InChI=1S/C11H14Cl2N2O/c1-15(2)11(16)6-10(14)7-3-4-8(12)9(13)5-7/h3-5,10H,6,14H2,1-2H3. The van der Waals surface area contributed by atoms with Crippen LogP contribution in [0.15, 0.2) is 18.2 Å². The second-order valence-corrected chi connectivity index (χ2v) is 4.59.